The van der Waals surface area contributed by atoms with E-state index in [0.717, 1.165) is 4.57 Å². The van der Waals surface area contributed by atoms with Crippen LogP contribution in [0.3, 0.4) is 0 Å². The predicted molar refractivity (Wildman–Crippen MR) is 63.5 cm³/mol. The number of carboxylic acid groups (broad SMARTS) is 1. The zero-order chi connectivity index (χ0) is 13.9. The Morgan fingerprint density at radius 1 is 1.39 bits per heavy atom. The maximum absolute atomic E-state index is 11.7. The summed E-state index contributed by atoms with van der Waals surface area (Å²) in [5, 5.41) is 8.78. The number of aromatic nitrogens is 1. The highest BCUT2D eigenvalue weighted by Gasteiger charge is 2.18. The molecular formula is C12H15NO5. The Bertz CT molecular complexity index is 524. The van der Waals surface area contributed by atoms with Crippen molar-refractivity contribution in [3.05, 3.63) is 34.2 Å². The molecule has 6 heteroatoms. The molecule has 0 fully saturated rings. The van der Waals surface area contributed by atoms with Crippen LogP contribution in [0.4, 0.5) is 0 Å². The largest absolute Gasteiger partial charge is 0.477 e. The van der Waals surface area contributed by atoms with Crippen molar-refractivity contribution in [3.63, 3.8) is 0 Å². The fraction of sp³-hybridized carbons (Fsp3) is 0.417. The second kappa shape index (κ2) is 5.03. The first-order valence-corrected chi connectivity index (χ1v) is 5.35. The van der Waals surface area contributed by atoms with Crippen LogP contribution in [0.5, 0.6) is 0 Å². The van der Waals surface area contributed by atoms with Crippen molar-refractivity contribution in [2.45, 2.75) is 32.9 Å². The molecule has 1 aromatic rings. The zero-order valence-corrected chi connectivity index (χ0v) is 10.5. The number of pyridine rings is 1. The minimum absolute atomic E-state index is 0.308. The van der Waals surface area contributed by atoms with Crippen LogP contribution in [0, 0.1) is 0 Å². The zero-order valence-electron chi connectivity index (χ0n) is 10.5. The number of carbonyl (C=O) groups is 2. The molecule has 1 rings (SSSR count). The third-order valence-corrected chi connectivity index (χ3v) is 1.97. The first-order chi connectivity index (χ1) is 8.20. The maximum atomic E-state index is 11.7. The molecule has 0 aromatic carbocycles. The van der Waals surface area contributed by atoms with Crippen molar-refractivity contribution >= 4 is 11.9 Å². The third kappa shape index (κ3) is 3.73. The molecule has 6 nitrogen and oxygen atoms in total. The standard InChI is InChI=1S/C12H15NO5/c1-12(2,3)18-9(14)7-13-6-4-5-8(10(13)15)11(16)17/h4-6H,7H2,1-3H3,(H,16,17). The SMILES string of the molecule is CC(C)(C)OC(=O)Cn1cccc(C(=O)O)c1=O. The number of nitrogens with zero attached hydrogens (tertiary/aromatic N) is 1. The van der Waals surface area contributed by atoms with E-state index in [-0.39, 0.29) is 12.1 Å². The van der Waals surface area contributed by atoms with Crippen molar-refractivity contribution in [2.75, 3.05) is 0 Å². The van der Waals surface area contributed by atoms with Gasteiger partial charge in [-0.2, -0.15) is 0 Å². The third-order valence-electron chi connectivity index (χ3n) is 1.97. The lowest BCUT2D eigenvalue weighted by molar-refractivity contribution is -0.155. The number of rotatable bonds is 3. The van der Waals surface area contributed by atoms with Crippen LogP contribution in [0.1, 0.15) is 31.1 Å². The molecule has 0 saturated carbocycles. The predicted octanol–water partition coefficient (Wildman–Crippen LogP) is 0.888. The lowest BCUT2D eigenvalue weighted by Gasteiger charge is -2.19. The number of esters is 1. The topological polar surface area (TPSA) is 85.6 Å². The van der Waals surface area contributed by atoms with Crippen LogP contribution in [-0.4, -0.2) is 27.2 Å². The lowest BCUT2D eigenvalue weighted by Crippen LogP contribution is -2.32. The van der Waals surface area contributed by atoms with Gasteiger partial charge >= 0.3 is 11.9 Å². The number of carboxylic acids is 1. The van der Waals surface area contributed by atoms with Gasteiger partial charge in [0.05, 0.1) is 0 Å². The second-order valence-corrected chi connectivity index (χ2v) is 4.75. The summed E-state index contributed by atoms with van der Waals surface area (Å²) < 4.78 is 6.06. The van der Waals surface area contributed by atoms with Crippen molar-refractivity contribution in [1.29, 1.82) is 0 Å². The highest BCUT2D eigenvalue weighted by molar-refractivity contribution is 5.87. The fourth-order valence-corrected chi connectivity index (χ4v) is 1.34. The number of aromatic carboxylic acids is 1. The number of ether oxygens (including phenoxy) is 1. The Balaban J connectivity index is 2.93. The van der Waals surface area contributed by atoms with E-state index < -0.39 is 23.1 Å². The van der Waals surface area contributed by atoms with Crippen LogP contribution in [-0.2, 0) is 16.1 Å². The molecule has 1 aromatic heterocycles. The molecule has 0 aliphatic rings. The average molecular weight is 253 g/mol. The molecular weight excluding hydrogens is 238 g/mol. The average Bonchev–Trinajstić information content (AvgIpc) is 2.17. The number of carbonyl (C=O) groups excluding carboxylic acids is 1. The molecule has 18 heavy (non-hydrogen) atoms. The van der Waals surface area contributed by atoms with Crippen LogP contribution >= 0.6 is 0 Å². The second-order valence-electron chi connectivity index (χ2n) is 4.75. The van der Waals surface area contributed by atoms with Crippen LogP contribution in [0.2, 0.25) is 0 Å². The molecule has 0 aliphatic heterocycles. The summed E-state index contributed by atoms with van der Waals surface area (Å²) in [6, 6.07) is 2.59. The summed E-state index contributed by atoms with van der Waals surface area (Å²) in [6.07, 6.45) is 1.35. The van der Waals surface area contributed by atoms with Gasteiger partial charge in [0.1, 0.15) is 17.7 Å². The maximum Gasteiger partial charge on any atom is 0.341 e. The van der Waals surface area contributed by atoms with E-state index in [2.05, 4.69) is 0 Å². The highest BCUT2D eigenvalue weighted by atomic mass is 16.6. The smallest absolute Gasteiger partial charge is 0.341 e. The lowest BCUT2D eigenvalue weighted by atomic mass is 10.2. The van der Waals surface area contributed by atoms with Crippen LogP contribution in [0.15, 0.2) is 23.1 Å². The number of hydrogen-bond acceptors (Lipinski definition) is 4. The molecule has 1 N–H and O–H groups in total. The summed E-state index contributed by atoms with van der Waals surface area (Å²) in [6.45, 7) is 4.82. The van der Waals surface area contributed by atoms with E-state index >= 15 is 0 Å². The van der Waals surface area contributed by atoms with Crippen LogP contribution < -0.4 is 5.56 Å². The van der Waals surface area contributed by atoms with Gasteiger partial charge in [-0.25, -0.2) is 4.79 Å². The highest BCUT2D eigenvalue weighted by Crippen LogP contribution is 2.07. The van der Waals surface area contributed by atoms with Crippen molar-refractivity contribution < 1.29 is 19.4 Å². The van der Waals surface area contributed by atoms with Gasteiger partial charge < -0.3 is 14.4 Å². The van der Waals surface area contributed by atoms with E-state index in [0.29, 0.717) is 0 Å². The Morgan fingerprint density at radius 3 is 2.50 bits per heavy atom. The monoisotopic (exact) mass is 253 g/mol. The molecule has 98 valence electrons. The first-order valence-electron chi connectivity index (χ1n) is 5.35. The molecule has 0 saturated heterocycles. The molecule has 0 unspecified atom stereocenters. The van der Waals surface area contributed by atoms with E-state index in [1.807, 2.05) is 0 Å². The molecule has 0 bridgehead atoms. The van der Waals surface area contributed by atoms with Crippen molar-refractivity contribution in [1.82, 2.24) is 4.57 Å². The summed E-state index contributed by atoms with van der Waals surface area (Å²) in [7, 11) is 0. The summed E-state index contributed by atoms with van der Waals surface area (Å²) >= 11 is 0. The summed E-state index contributed by atoms with van der Waals surface area (Å²) in [5.41, 5.74) is -1.75. The van der Waals surface area contributed by atoms with Crippen molar-refractivity contribution in [2.24, 2.45) is 0 Å². The Hall–Kier alpha value is -2.11. The van der Waals surface area contributed by atoms with Gasteiger partial charge in [-0.15, -0.1) is 0 Å². The number of hydrogen-bond donors (Lipinski definition) is 1. The molecule has 1 heterocycles. The van der Waals surface area contributed by atoms with Crippen LogP contribution in [0.25, 0.3) is 0 Å². The van der Waals surface area contributed by atoms with Crippen molar-refractivity contribution in [3.8, 4) is 0 Å². The normalized spacial score (nSPS) is 11.1. The van der Waals surface area contributed by atoms with Gasteiger partial charge in [0.2, 0.25) is 0 Å². The van der Waals surface area contributed by atoms with E-state index in [1.54, 1.807) is 20.8 Å². The summed E-state index contributed by atoms with van der Waals surface area (Å²) in [5.74, 6) is -1.91. The first kappa shape index (κ1) is 14.0. The molecule has 0 radical (unpaired) electrons. The van der Waals surface area contributed by atoms with Gasteiger partial charge in [0.25, 0.3) is 5.56 Å². The minimum atomic E-state index is -1.32. The van der Waals surface area contributed by atoms with E-state index in [4.69, 9.17) is 9.84 Å². The quantitative estimate of drug-likeness (QED) is 0.808. The Labute approximate surface area is 104 Å². The molecule has 0 spiro atoms. The van der Waals surface area contributed by atoms with Gasteiger partial charge in [0.15, 0.2) is 0 Å². The molecule has 0 aliphatic carbocycles. The fourth-order valence-electron chi connectivity index (χ4n) is 1.34. The molecule has 0 amide bonds. The molecule has 0 atom stereocenters. The Morgan fingerprint density at radius 2 is 2.00 bits per heavy atom. The van der Waals surface area contributed by atoms with Gasteiger partial charge in [0, 0.05) is 6.20 Å². The Kier molecular flexibility index (Phi) is 3.90. The van der Waals surface area contributed by atoms with Gasteiger partial charge in [-0.05, 0) is 32.9 Å². The summed E-state index contributed by atoms with van der Waals surface area (Å²) in [4.78, 5) is 34.0. The minimum Gasteiger partial charge on any atom is -0.477 e. The van der Waals surface area contributed by atoms with E-state index in [9.17, 15) is 14.4 Å². The van der Waals surface area contributed by atoms with E-state index in [1.165, 1.54) is 18.3 Å². The van der Waals surface area contributed by atoms with Gasteiger partial charge in [-0.3, -0.25) is 9.59 Å². The van der Waals surface area contributed by atoms with Gasteiger partial charge in [-0.1, -0.05) is 0 Å².